The highest BCUT2D eigenvalue weighted by atomic mass is 127. The molecule has 3 heterocycles. The molecule has 3 N–H and O–H groups in total. The number of aromatic amines is 1. The summed E-state index contributed by atoms with van der Waals surface area (Å²) in [6.45, 7) is 3.05. The van der Waals surface area contributed by atoms with Crippen LogP contribution in [0.1, 0.15) is 43.5 Å². The molecule has 0 unspecified atom stereocenters. The third kappa shape index (κ3) is 5.16. The summed E-state index contributed by atoms with van der Waals surface area (Å²) in [4.78, 5) is 34.1. The summed E-state index contributed by atoms with van der Waals surface area (Å²) < 4.78 is 11.3. The Morgan fingerprint density at radius 3 is 2.81 bits per heavy atom. The smallest absolute Gasteiger partial charge is 0.347 e. The van der Waals surface area contributed by atoms with E-state index < -0.39 is 5.97 Å². The van der Waals surface area contributed by atoms with Crippen molar-refractivity contribution >= 4 is 62.5 Å². The Morgan fingerprint density at radius 2 is 2.19 bits per heavy atom. The van der Waals surface area contributed by atoms with Crippen LogP contribution in [-0.2, 0) is 20.5 Å². The molecule has 2 aromatic heterocycles. The van der Waals surface area contributed by atoms with E-state index in [1.54, 1.807) is 7.11 Å². The van der Waals surface area contributed by atoms with Crippen LogP contribution in [0.5, 0.6) is 0 Å². The quantitative estimate of drug-likeness (QED) is 0.323. The number of alkyl halides is 1. The van der Waals surface area contributed by atoms with Gasteiger partial charge in [0.05, 0.1) is 29.5 Å². The van der Waals surface area contributed by atoms with Gasteiger partial charge in [-0.25, -0.2) is 9.78 Å². The average Bonchev–Trinajstić information content (AvgIpc) is 3.30. The normalized spacial score (nSPS) is 18.9. The minimum Gasteiger partial charge on any atom is -0.477 e. The zero-order valence-electron chi connectivity index (χ0n) is 17.3. The number of carboxylic acids is 1. The van der Waals surface area contributed by atoms with Gasteiger partial charge in [0.1, 0.15) is 10.6 Å². The Morgan fingerprint density at radius 1 is 1.45 bits per heavy atom. The maximum absolute atomic E-state index is 12.9. The van der Waals surface area contributed by atoms with E-state index >= 15 is 0 Å². The van der Waals surface area contributed by atoms with Crippen LogP contribution in [0.25, 0.3) is 0 Å². The van der Waals surface area contributed by atoms with Gasteiger partial charge in [0.15, 0.2) is 5.13 Å². The Labute approximate surface area is 202 Å². The van der Waals surface area contributed by atoms with E-state index in [0.29, 0.717) is 45.5 Å². The van der Waals surface area contributed by atoms with Crippen molar-refractivity contribution in [3.05, 3.63) is 32.5 Å². The lowest BCUT2D eigenvalue weighted by molar-refractivity contribution is 0.0540. The predicted octanol–water partition coefficient (Wildman–Crippen LogP) is 3.24. The van der Waals surface area contributed by atoms with Crippen LogP contribution in [-0.4, -0.2) is 66.4 Å². The van der Waals surface area contributed by atoms with Gasteiger partial charge >= 0.3 is 5.97 Å². The number of hydrogen-bond donors (Lipinski definition) is 3. The molecular weight excluding hydrogens is 559 g/mol. The van der Waals surface area contributed by atoms with Crippen molar-refractivity contribution in [1.82, 2.24) is 15.3 Å². The highest BCUT2D eigenvalue weighted by Gasteiger charge is 2.33. The number of piperidine rings is 1. The van der Waals surface area contributed by atoms with E-state index in [1.807, 2.05) is 11.8 Å². The van der Waals surface area contributed by atoms with Gasteiger partial charge in [0.25, 0.3) is 5.91 Å². The number of nitrogens with one attached hydrogen (secondary N) is 2. The van der Waals surface area contributed by atoms with Crippen molar-refractivity contribution in [1.29, 1.82) is 0 Å². The van der Waals surface area contributed by atoms with E-state index in [-0.39, 0.29) is 29.5 Å². The monoisotopic (exact) mass is 582 g/mol. The fourth-order valence-electron chi connectivity index (χ4n) is 3.58. The number of carbonyl (C=O) groups is 2. The number of carbonyl (C=O) groups excluding carboxylic acids is 1. The second-order valence-electron chi connectivity index (χ2n) is 7.15. The van der Waals surface area contributed by atoms with Crippen LogP contribution < -0.4 is 10.2 Å². The van der Waals surface area contributed by atoms with Crippen LogP contribution in [0.4, 0.5) is 5.13 Å². The molecule has 1 amide bonds. The zero-order valence-corrected chi connectivity index (χ0v) is 21.1. The van der Waals surface area contributed by atoms with Crippen molar-refractivity contribution in [2.75, 3.05) is 32.2 Å². The number of rotatable bonds is 8. The number of thiazole rings is 1. The van der Waals surface area contributed by atoms with E-state index in [1.165, 1.54) is 7.11 Å². The number of methoxy groups -OCH3 is 2. The minimum atomic E-state index is -1.02. The average molecular weight is 583 g/mol. The molecule has 170 valence electrons. The molecule has 12 heteroatoms. The number of halogens is 2. The third-order valence-corrected chi connectivity index (χ3v) is 7.60. The van der Waals surface area contributed by atoms with Crippen molar-refractivity contribution in [3.8, 4) is 0 Å². The molecule has 0 bridgehead atoms. The Bertz CT molecular complexity index is 965. The molecule has 2 aromatic rings. The topological polar surface area (TPSA) is 117 Å². The molecule has 0 aromatic carbocycles. The Balaban J connectivity index is 1.73. The number of hydrogen-bond acceptors (Lipinski definition) is 7. The molecule has 0 spiro atoms. The maximum atomic E-state index is 12.9. The van der Waals surface area contributed by atoms with Crippen molar-refractivity contribution in [3.63, 3.8) is 0 Å². The number of nitrogens with zero attached hydrogens (tertiary/aromatic N) is 2. The molecule has 9 nitrogen and oxygen atoms in total. The fourth-order valence-corrected chi connectivity index (χ4v) is 5.72. The Hall–Kier alpha value is -1.41. The molecule has 2 atom stereocenters. The molecule has 1 aliphatic heterocycles. The van der Waals surface area contributed by atoms with Crippen LogP contribution >= 0.6 is 45.5 Å². The van der Waals surface area contributed by atoms with Gasteiger partial charge in [-0.3, -0.25) is 4.79 Å². The molecular formula is C19H24ClIN4O5S. The fraction of sp³-hybridized carbons (Fsp3) is 0.526. The lowest BCUT2D eigenvalue weighted by atomic mass is 10.0. The molecule has 0 radical (unpaired) electrons. The highest BCUT2D eigenvalue weighted by Crippen LogP contribution is 2.30. The van der Waals surface area contributed by atoms with Crippen molar-refractivity contribution < 1.29 is 24.2 Å². The first-order chi connectivity index (χ1) is 14.8. The summed E-state index contributed by atoms with van der Waals surface area (Å²) in [5.74, 6) is -1.24. The number of aryl methyl sites for hydroxylation is 1. The van der Waals surface area contributed by atoms with Gasteiger partial charge in [-0.1, -0.05) is 45.5 Å². The Kier molecular flexibility index (Phi) is 8.19. The number of aromatic carboxylic acids is 1. The minimum absolute atomic E-state index is 0.135. The van der Waals surface area contributed by atoms with Gasteiger partial charge in [-0.05, 0) is 13.3 Å². The largest absolute Gasteiger partial charge is 0.477 e. The number of carboxylic acid groups (broad SMARTS) is 1. The van der Waals surface area contributed by atoms with Crippen molar-refractivity contribution in [2.45, 2.75) is 36.5 Å². The summed E-state index contributed by atoms with van der Waals surface area (Å²) in [5, 5.41) is 13.7. The predicted molar refractivity (Wildman–Crippen MR) is 127 cm³/mol. The van der Waals surface area contributed by atoms with E-state index in [4.69, 9.17) is 21.1 Å². The first-order valence-corrected chi connectivity index (χ1v) is 12.3. The van der Waals surface area contributed by atoms with Gasteiger partial charge in [0, 0.05) is 43.0 Å². The van der Waals surface area contributed by atoms with Crippen LogP contribution in [0, 0.1) is 6.92 Å². The molecule has 0 saturated carbocycles. The number of anilines is 1. The van der Waals surface area contributed by atoms with Gasteiger partial charge < -0.3 is 29.8 Å². The molecule has 31 heavy (non-hydrogen) atoms. The number of ether oxygens (including phenoxy) is 2. The number of aromatic nitrogens is 2. The number of H-pyrrole nitrogens is 1. The SMILES string of the molecule is COCc1nc(N2CC[C@H](NC(=O)c3[nH]c(C)c(Cl)c3CI)[C@H](OC)C2)sc1C(=O)O. The van der Waals surface area contributed by atoms with Gasteiger partial charge in [-0.15, -0.1) is 0 Å². The standard InChI is InChI=1S/C19H24ClIN4O5S/c1-9-14(20)10(6-21)15(22-9)17(26)23-11-4-5-25(7-13(11)30-3)19-24-12(8-29-2)16(31-19)18(27)28/h11,13,22H,4-8H2,1-3H3,(H,23,26)(H,27,28)/t11-,13+/m0/s1. The second kappa shape index (κ2) is 10.5. The molecule has 3 rings (SSSR count). The molecule has 1 saturated heterocycles. The molecule has 1 aliphatic rings. The van der Waals surface area contributed by atoms with Crippen LogP contribution in [0.15, 0.2) is 0 Å². The molecule has 0 aliphatic carbocycles. The van der Waals surface area contributed by atoms with E-state index in [0.717, 1.165) is 22.6 Å². The van der Waals surface area contributed by atoms with Gasteiger partial charge in [-0.2, -0.15) is 0 Å². The summed E-state index contributed by atoms with van der Waals surface area (Å²) in [7, 11) is 3.10. The van der Waals surface area contributed by atoms with E-state index in [9.17, 15) is 14.7 Å². The zero-order chi connectivity index (χ0) is 22.7. The number of amides is 1. The summed E-state index contributed by atoms with van der Waals surface area (Å²) in [6, 6.07) is -0.199. The third-order valence-electron chi connectivity index (χ3n) is 5.18. The summed E-state index contributed by atoms with van der Waals surface area (Å²) >= 11 is 9.60. The lowest BCUT2D eigenvalue weighted by Crippen LogP contribution is -2.55. The summed E-state index contributed by atoms with van der Waals surface area (Å²) in [6.07, 6.45) is 0.342. The maximum Gasteiger partial charge on any atom is 0.347 e. The second-order valence-corrected chi connectivity index (χ2v) is 9.27. The highest BCUT2D eigenvalue weighted by molar-refractivity contribution is 14.1. The first kappa shape index (κ1) is 24.2. The lowest BCUT2D eigenvalue weighted by Gasteiger charge is -2.37. The van der Waals surface area contributed by atoms with Crippen LogP contribution in [0.2, 0.25) is 5.02 Å². The van der Waals surface area contributed by atoms with Crippen LogP contribution in [0.3, 0.4) is 0 Å². The first-order valence-electron chi connectivity index (χ1n) is 9.54. The molecule has 1 fully saturated rings. The summed E-state index contributed by atoms with van der Waals surface area (Å²) in [5.41, 5.74) is 2.44. The van der Waals surface area contributed by atoms with E-state index in [2.05, 4.69) is 37.9 Å². The van der Waals surface area contributed by atoms with Gasteiger partial charge in [0.2, 0.25) is 0 Å². The van der Waals surface area contributed by atoms with Crippen molar-refractivity contribution in [2.24, 2.45) is 0 Å².